The highest BCUT2D eigenvalue weighted by Crippen LogP contribution is 2.15. The van der Waals surface area contributed by atoms with Gasteiger partial charge in [-0.3, -0.25) is 14.9 Å². The second kappa shape index (κ2) is 11.6. The highest BCUT2D eigenvalue weighted by atomic mass is 32.1. The molecule has 2 aromatic rings. The number of carbonyl (C=O) groups is 2. The third-order valence-electron chi connectivity index (χ3n) is 5.17. The number of carbonyl (C=O) groups excluding carboxylic acids is 2. The molecule has 0 bridgehead atoms. The molecule has 1 aliphatic rings. The fraction of sp³-hybridized carbons (Fsp3) is 0.375. The molecule has 2 unspecified atom stereocenters. The Kier molecular flexibility index (Phi) is 8.58. The average molecular weight is 456 g/mol. The maximum atomic E-state index is 12.4. The average Bonchev–Trinajstić information content (AvgIpc) is 3.32. The van der Waals surface area contributed by atoms with Gasteiger partial charge >= 0.3 is 0 Å². The molecular weight excluding hydrogens is 426 g/mol. The van der Waals surface area contributed by atoms with Gasteiger partial charge in [-0.2, -0.15) is 0 Å². The Morgan fingerprint density at radius 2 is 1.75 bits per heavy atom. The zero-order valence-electron chi connectivity index (χ0n) is 18.4. The van der Waals surface area contributed by atoms with Crippen LogP contribution in [-0.4, -0.2) is 42.3 Å². The second-order valence-corrected chi connectivity index (χ2v) is 8.10. The standard InChI is InChI=1S/C24H29N3O4S/c1-3-16(2)31-20-12-8-18(9-13-20)23(29)27-24(32)26-19-10-6-17(7-11-19)22(28)25-15-21-5-4-14-30-21/h6-13,16,21H,3-5,14-15H2,1-2H3,(H,25,28)(H2,26,27,29,32). The van der Waals surface area contributed by atoms with E-state index in [1.54, 1.807) is 48.5 Å². The molecule has 2 aromatic carbocycles. The van der Waals surface area contributed by atoms with Gasteiger partial charge in [0.25, 0.3) is 11.8 Å². The first kappa shape index (κ1) is 23.7. The first-order valence-corrected chi connectivity index (χ1v) is 11.2. The van der Waals surface area contributed by atoms with E-state index in [1.165, 1.54) is 0 Å². The van der Waals surface area contributed by atoms with Gasteiger partial charge in [0.05, 0.1) is 12.2 Å². The minimum absolute atomic E-state index is 0.101. The molecule has 0 spiro atoms. The smallest absolute Gasteiger partial charge is 0.257 e. The maximum absolute atomic E-state index is 12.4. The summed E-state index contributed by atoms with van der Waals surface area (Å²) in [5, 5.41) is 8.66. The molecule has 0 radical (unpaired) electrons. The molecule has 170 valence electrons. The molecular formula is C24H29N3O4S. The van der Waals surface area contributed by atoms with Crippen LogP contribution in [-0.2, 0) is 4.74 Å². The third-order valence-corrected chi connectivity index (χ3v) is 5.38. The summed E-state index contributed by atoms with van der Waals surface area (Å²) >= 11 is 5.24. The lowest BCUT2D eigenvalue weighted by Crippen LogP contribution is -2.34. The third kappa shape index (κ3) is 7.03. The lowest BCUT2D eigenvalue weighted by atomic mass is 10.2. The molecule has 0 aliphatic carbocycles. The summed E-state index contributed by atoms with van der Waals surface area (Å²) in [7, 11) is 0. The van der Waals surface area contributed by atoms with Crippen LogP contribution in [0.25, 0.3) is 0 Å². The number of nitrogens with one attached hydrogen (secondary N) is 3. The Labute approximate surface area is 193 Å². The Bertz CT molecular complexity index is 925. The van der Waals surface area contributed by atoms with Crippen LogP contribution in [0.4, 0.5) is 5.69 Å². The van der Waals surface area contributed by atoms with E-state index in [4.69, 9.17) is 21.7 Å². The summed E-state index contributed by atoms with van der Waals surface area (Å²) < 4.78 is 11.2. The summed E-state index contributed by atoms with van der Waals surface area (Å²) in [6.45, 7) is 5.32. The van der Waals surface area contributed by atoms with E-state index in [0.717, 1.165) is 31.6 Å². The van der Waals surface area contributed by atoms with Crippen molar-refractivity contribution in [1.29, 1.82) is 0 Å². The van der Waals surface area contributed by atoms with E-state index in [-0.39, 0.29) is 29.1 Å². The van der Waals surface area contributed by atoms with E-state index in [2.05, 4.69) is 22.9 Å². The van der Waals surface area contributed by atoms with Crippen molar-refractivity contribution in [2.45, 2.75) is 45.3 Å². The van der Waals surface area contributed by atoms with Crippen molar-refractivity contribution in [3.63, 3.8) is 0 Å². The van der Waals surface area contributed by atoms with Gasteiger partial charge in [0.1, 0.15) is 5.75 Å². The zero-order chi connectivity index (χ0) is 22.9. The lowest BCUT2D eigenvalue weighted by Gasteiger charge is -2.13. The van der Waals surface area contributed by atoms with Crippen LogP contribution in [0.5, 0.6) is 5.75 Å². The number of thiocarbonyl (C=S) groups is 1. The molecule has 2 amide bonds. The van der Waals surface area contributed by atoms with E-state index in [9.17, 15) is 9.59 Å². The lowest BCUT2D eigenvalue weighted by molar-refractivity contribution is 0.0857. The first-order chi connectivity index (χ1) is 15.4. The Morgan fingerprint density at radius 1 is 1.09 bits per heavy atom. The van der Waals surface area contributed by atoms with Crippen LogP contribution in [0, 0.1) is 0 Å². The van der Waals surface area contributed by atoms with Crippen molar-refractivity contribution in [1.82, 2.24) is 10.6 Å². The molecule has 2 atom stereocenters. The van der Waals surface area contributed by atoms with Crippen molar-refractivity contribution in [2.24, 2.45) is 0 Å². The number of amides is 2. The molecule has 1 aliphatic heterocycles. The van der Waals surface area contributed by atoms with Gasteiger partial charge in [-0.05, 0) is 86.9 Å². The number of anilines is 1. The van der Waals surface area contributed by atoms with Gasteiger partial charge in [0, 0.05) is 30.0 Å². The van der Waals surface area contributed by atoms with Crippen molar-refractivity contribution >= 4 is 34.8 Å². The number of hydrogen-bond donors (Lipinski definition) is 3. The van der Waals surface area contributed by atoms with E-state index >= 15 is 0 Å². The van der Waals surface area contributed by atoms with Crippen LogP contribution >= 0.6 is 12.2 Å². The molecule has 1 fully saturated rings. The van der Waals surface area contributed by atoms with Crippen molar-refractivity contribution in [3.8, 4) is 5.75 Å². The fourth-order valence-corrected chi connectivity index (χ4v) is 3.37. The predicted octanol–water partition coefficient (Wildman–Crippen LogP) is 3.90. The summed E-state index contributed by atoms with van der Waals surface area (Å²) in [6.07, 6.45) is 3.13. The van der Waals surface area contributed by atoms with Crippen LogP contribution in [0.15, 0.2) is 48.5 Å². The molecule has 0 aromatic heterocycles. The molecule has 0 saturated carbocycles. The maximum Gasteiger partial charge on any atom is 0.257 e. The Morgan fingerprint density at radius 3 is 2.38 bits per heavy atom. The summed E-state index contributed by atoms with van der Waals surface area (Å²) in [4.78, 5) is 24.7. The van der Waals surface area contributed by atoms with Crippen LogP contribution in [0.2, 0.25) is 0 Å². The van der Waals surface area contributed by atoms with Crippen LogP contribution in [0.1, 0.15) is 53.8 Å². The zero-order valence-corrected chi connectivity index (χ0v) is 19.2. The van der Waals surface area contributed by atoms with Gasteiger partial charge < -0.3 is 20.1 Å². The van der Waals surface area contributed by atoms with Gasteiger partial charge in [-0.1, -0.05) is 6.92 Å². The molecule has 1 saturated heterocycles. The number of ether oxygens (including phenoxy) is 2. The van der Waals surface area contributed by atoms with Gasteiger partial charge in [-0.15, -0.1) is 0 Å². The van der Waals surface area contributed by atoms with E-state index < -0.39 is 0 Å². The number of rotatable bonds is 8. The first-order valence-electron chi connectivity index (χ1n) is 10.8. The number of benzene rings is 2. The van der Waals surface area contributed by atoms with Gasteiger partial charge in [-0.25, -0.2) is 0 Å². The summed E-state index contributed by atoms with van der Waals surface area (Å²) in [5.41, 5.74) is 1.69. The predicted molar refractivity (Wildman–Crippen MR) is 128 cm³/mol. The molecule has 3 rings (SSSR count). The van der Waals surface area contributed by atoms with Crippen molar-refractivity contribution < 1.29 is 19.1 Å². The van der Waals surface area contributed by atoms with Crippen molar-refractivity contribution in [2.75, 3.05) is 18.5 Å². The quantitative estimate of drug-likeness (QED) is 0.523. The monoisotopic (exact) mass is 455 g/mol. The topological polar surface area (TPSA) is 88.7 Å². The number of hydrogen-bond acceptors (Lipinski definition) is 5. The normalized spacial score (nSPS) is 16.1. The van der Waals surface area contributed by atoms with E-state index in [1.807, 2.05) is 6.92 Å². The molecule has 1 heterocycles. The van der Waals surface area contributed by atoms with Crippen LogP contribution in [0.3, 0.4) is 0 Å². The van der Waals surface area contributed by atoms with Gasteiger partial charge in [0.15, 0.2) is 5.11 Å². The summed E-state index contributed by atoms with van der Waals surface area (Å²) in [6, 6.07) is 13.8. The SMILES string of the molecule is CCC(C)Oc1ccc(C(=O)NC(=S)Nc2ccc(C(=O)NCC3CCCO3)cc2)cc1. The highest BCUT2D eigenvalue weighted by Gasteiger charge is 2.16. The minimum Gasteiger partial charge on any atom is -0.491 e. The summed E-state index contributed by atoms with van der Waals surface area (Å²) in [5.74, 6) is 0.253. The highest BCUT2D eigenvalue weighted by molar-refractivity contribution is 7.80. The minimum atomic E-state index is -0.317. The Balaban J connectivity index is 1.46. The van der Waals surface area contributed by atoms with Crippen molar-refractivity contribution in [3.05, 3.63) is 59.7 Å². The molecule has 7 nitrogen and oxygen atoms in total. The fourth-order valence-electron chi connectivity index (χ4n) is 3.16. The van der Waals surface area contributed by atoms with E-state index in [0.29, 0.717) is 23.4 Å². The van der Waals surface area contributed by atoms with Crippen LogP contribution < -0.4 is 20.7 Å². The largest absolute Gasteiger partial charge is 0.491 e. The molecule has 3 N–H and O–H groups in total. The molecule has 8 heteroatoms. The van der Waals surface area contributed by atoms with Gasteiger partial charge in [0.2, 0.25) is 0 Å². The second-order valence-electron chi connectivity index (χ2n) is 7.69. The Hall–Kier alpha value is -2.97. The molecule has 32 heavy (non-hydrogen) atoms.